The largest absolute Gasteiger partial charge is 0.464 e. The third-order valence-corrected chi connectivity index (χ3v) is 5.14. The van der Waals surface area contributed by atoms with Gasteiger partial charge in [0.05, 0.1) is 17.4 Å². The van der Waals surface area contributed by atoms with Crippen molar-refractivity contribution in [3.05, 3.63) is 70.3 Å². The number of aromatic nitrogens is 1. The molecule has 0 unspecified atom stereocenters. The van der Waals surface area contributed by atoms with E-state index in [2.05, 4.69) is 26.2 Å². The molecule has 2 aromatic carbocycles. The third kappa shape index (κ3) is 2.35. The fraction of sp³-hybridized carbons (Fsp3) is 0. The van der Waals surface area contributed by atoms with Crippen molar-refractivity contribution in [2.24, 2.45) is 0 Å². The first-order chi connectivity index (χ1) is 13.0. The van der Waals surface area contributed by atoms with Crippen LogP contribution >= 0.6 is 15.9 Å². The van der Waals surface area contributed by atoms with Crippen molar-refractivity contribution in [2.45, 2.75) is 0 Å². The zero-order valence-corrected chi connectivity index (χ0v) is 15.2. The molecule has 1 aliphatic heterocycles. The molecule has 0 spiro atoms. The van der Waals surface area contributed by atoms with Gasteiger partial charge in [-0.25, -0.2) is 4.39 Å². The first-order valence-electron chi connectivity index (χ1n) is 8.07. The summed E-state index contributed by atoms with van der Waals surface area (Å²) in [6.45, 7) is 0. The van der Waals surface area contributed by atoms with E-state index in [1.165, 1.54) is 24.5 Å². The van der Waals surface area contributed by atoms with Crippen LogP contribution in [0.2, 0.25) is 0 Å². The van der Waals surface area contributed by atoms with Crippen LogP contribution < -0.4 is 5.32 Å². The quantitative estimate of drug-likeness (QED) is 0.468. The predicted octanol–water partition coefficient (Wildman–Crippen LogP) is 4.38. The number of aromatic amines is 1. The number of furan rings is 1. The van der Waals surface area contributed by atoms with Gasteiger partial charge in [-0.3, -0.25) is 14.9 Å². The number of amides is 2. The molecule has 0 bridgehead atoms. The number of hydrogen-bond acceptors (Lipinski definition) is 3. The Hall–Kier alpha value is -3.19. The molecule has 3 heterocycles. The summed E-state index contributed by atoms with van der Waals surface area (Å²) in [5, 5.41) is 3.57. The van der Waals surface area contributed by atoms with Crippen molar-refractivity contribution >= 4 is 60.8 Å². The summed E-state index contributed by atoms with van der Waals surface area (Å²) in [4.78, 5) is 28.3. The molecule has 0 atom stereocenters. The van der Waals surface area contributed by atoms with E-state index in [4.69, 9.17) is 4.42 Å². The second-order valence-electron chi connectivity index (χ2n) is 6.22. The summed E-state index contributed by atoms with van der Waals surface area (Å²) in [6, 6.07) is 9.69. The first kappa shape index (κ1) is 16.0. The number of imide groups is 1. The Balaban J connectivity index is 1.84. The lowest BCUT2D eigenvalue weighted by Gasteiger charge is -2.03. The lowest BCUT2D eigenvalue weighted by molar-refractivity contribution is -0.122. The Labute approximate surface area is 160 Å². The van der Waals surface area contributed by atoms with Gasteiger partial charge in [0.1, 0.15) is 11.4 Å². The first-order valence-corrected chi connectivity index (χ1v) is 8.86. The number of nitrogens with one attached hydrogen (secondary N) is 2. The van der Waals surface area contributed by atoms with E-state index in [0.717, 1.165) is 15.4 Å². The van der Waals surface area contributed by atoms with Gasteiger partial charge in [-0.05, 0) is 36.4 Å². The van der Waals surface area contributed by atoms with Gasteiger partial charge >= 0.3 is 0 Å². The van der Waals surface area contributed by atoms with Gasteiger partial charge in [-0.15, -0.1) is 0 Å². The van der Waals surface area contributed by atoms with E-state index in [9.17, 15) is 14.0 Å². The number of fused-ring (bicyclic) bond motifs is 2. The molecule has 7 heteroatoms. The van der Waals surface area contributed by atoms with Crippen molar-refractivity contribution in [2.75, 3.05) is 0 Å². The Morgan fingerprint density at radius 2 is 1.70 bits per heavy atom. The van der Waals surface area contributed by atoms with Crippen LogP contribution in [0, 0.1) is 5.82 Å². The summed E-state index contributed by atoms with van der Waals surface area (Å²) in [5.74, 6) is -1.49. The average molecular weight is 425 g/mol. The minimum Gasteiger partial charge on any atom is -0.464 e. The average Bonchev–Trinajstić information content (AvgIpc) is 3.29. The van der Waals surface area contributed by atoms with E-state index in [1.807, 2.05) is 18.2 Å². The van der Waals surface area contributed by atoms with E-state index in [0.29, 0.717) is 22.1 Å². The Morgan fingerprint density at radius 1 is 0.926 bits per heavy atom. The number of carbonyl (C=O) groups is 2. The van der Waals surface area contributed by atoms with Gasteiger partial charge in [0.2, 0.25) is 0 Å². The van der Waals surface area contributed by atoms with Crippen molar-refractivity contribution < 1.29 is 18.4 Å². The molecule has 132 valence electrons. The van der Waals surface area contributed by atoms with E-state index < -0.39 is 17.6 Å². The Morgan fingerprint density at radius 3 is 2.52 bits per heavy atom. The number of halogens is 2. The molecular weight excluding hydrogens is 415 g/mol. The standard InChI is InChI=1S/C20H10BrFN2O3/c21-9-1-3-15-11(5-9)13(7-23-15)17-18(20(26)24-19(17)25)14-8-27-16-4-2-10(22)6-12(14)16/h1-8,23H,(H,24,25,26). The molecule has 4 aromatic rings. The zero-order chi connectivity index (χ0) is 18.7. The third-order valence-electron chi connectivity index (χ3n) is 4.65. The lowest BCUT2D eigenvalue weighted by atomic mass is 9.95. The van der Waals surface area contributed by atoms with E-state index >= 15 is 0 Å². The SMILES string of the molecule is O=C1NC(=O)C(c2coc3ccc(F)cc23)=C1c1c[nH]c2ccc(Br)cc12. The molecule has 0 fully saturated rings. The summed E-state index contributed by atoms with van der Waals surface area (Å²) in [7, 11) is 0. The number of H-pyrrole nitrogens is 1. The molecule has 0 saturated heterocycles. The van der Waals surface area contributed by atoms with E-state index in [1.54, 1.807) is 6.20 Å². The van der Waals surface area contributed by atoms with Gasteiger partial charge in [0, 0.05) is 38.1 Å². The topological polar surface area (TPSA) is 75.1 Å². The highest BCUT2D eigenvalue weighted by Gasteiger charge is 2.35. The number of carbonyl (C=O) groups excluding carboxylic acids is 2. The van der Waals surface area contributed by atoms with Crippen LogP contribution in [-0.4, -0.2) is 16.8 Å². The maximum atomic E-state index is 13.7. The molecule has 5 nitrogen and oxygen atoms in total. The molecule has 0 radical (unpaired) electrons. The second kappa shape index (κ2) is 5.65. The molecule has 2 aromatic heterocycles. The molecule has 1 aliphatic rings. The zero-order valence-electron chi connectivity index (χ0n) is 13.6. The highest BCUT2D eigenvalue weighted by atomic mass is 79.9. The van der Waals surface area contributed by atoms with Gasteiger partial charge in [-0.2, -0.15) is 0 Å². The van der Waals surface area contributed by atoms with Crippen LogP contribution in [0.15, 0.2) is 57.7 Å². The van der Waals surface area contributed by atoms with E-state index in [-0.39, 0.29) is 11.1 Å². The highest BCUT2D eigenvalue weighted by Crippen LogP contribution is 2.38. The summed E-state index contributed by atoms with van der Waals surface area (Å²) in [5.41, 5.74) is 2.64. The van der Waals surface area contributed by atoms with Gasteiger partial charge in [0.15, 0.2) is 0 Å². The van der Waals surface area contributed by atoms with Crippen LogP contribution in [0.3, 0.4) is 0 Å². The maximum Gasteiger partial charge on any atom is 0.259 e. The molecule has 27 heavy (non-hydrogen) atoms. The fourth-order valence-corrected chi connectivity index (χ4v) is 3.82. The predicted molar refractivity (Wildman–Crippen MR) is 102 cm³/mol. The van der Waals surface area contributed by atoms with Gasteiger partial charge in [-0.1, -0.05) is 15.9 Å². The van der Waals surface area contributed by atoms with Crippen LogP contribution in [0.4, 0.5) is 4.39 Å². The maximum absolute atomic E-state index is 13.7. The second-order valence-corrected chi connectivity index (χ2v) is 7.13. The normalized spacial score (nSPS) is 14.6. The Bertz CT molecular complexity index is 1220. The smallest absolute Gasteiger partial charge is 0.259 e. The highest BCUT2D eigenvalue weighted by molar-refractivity contribution is 9.10. The fourth-order valence-electron chi connectivity index (χ4n) is 3.46. The summed E-state index contributed by atoms with van der Waals surface area (Å²) < 4.78 is 20.1. The van der Waals surface area contributed by atoms with Crippen molar-refractivity contribution in [1.82, 2.24) is 10.3 Å². The van der Waals surface area contributed by atoms with Gasteiger partial charge < -0.3 is 9.40 Å². The minimum absolute atomic E-state index is 0.172. The monoisotopic (exact) mass is 424 g/mol. The molecular formula is C20H10BrFN2O3. The van der Waals surface area contributed by atoms with Gasteiger partial charge in [0.25, 0.3) is 11.8 Å². The molecule has 0 saturated carbocycles. The summed E-state index contributed by atoms with van der Waals surface area (Å²) >= 11 is 3.43. The lowest BCUT2D eigenvalue weighted by Crippen LogP contribution is -2.22. The summed E-state index contributed by atoms with van der Waals surface area (Å²) in [6.07, 6.45) is 3.07. The molecule has 5 rings (SSSR count). The van der Waals surface area contributed by atoms with Crippen molar-refractivity contribution in [3.63, 3.8) is 0 Å². The van der Waals surface area contributed by atoms with Crippen LogP contribution in [0.25, 0.3) is 33.0 Å². The molecule has 0 aliphatic carbocycles. The Kier molecular flexibility index (Phi) is 3.35. The number of rotatable bonds is 2. The molecule has 2 N–H and O–H groups in total. The number of hydrogen-bond donors (Lipinski definition) is 2. The minimum atomic E-state index is -0.536. The van der Waals surface area contributed by atoms with Crippen LogP contribution in [0.1, 0.15) is 11.1 Å². The van der Waals surface area contributed by atoms with Crippen LogP contribution in [0.5, 0.6) is 0 Å². The molecule has 2 amide bonds. The van der Waals surface area contributed by atoms with Crippen LogP contribution in [-0.2, 0) is 9.59 Å². The number of benzene rings is 2. The van der Waals surface area contributed by atoms with Crippen molar-refractivity contribution in [3.8, 4) is 0 Å². The van der Waals surface area contributed by atoms with Crippen molar-refractivity contribution in [1.29, 1.82) is 0 Å².